The summed E-state index contributed by atoms with van der Waals surface area (Å²) in [6.45, 7) is 2.34. The Balaban J connectivity index is 1.64. The Morgan fingerprint density at radius 3 is 2.52 bits per heavy atom. The standard InChI is InChI=1S/C21H19N5O/c1-15-13-19(20(27)23-12-11-16-5-3-2-4-6-16)26-21(24-15)25-18-9-7-17(14-22)8-10-18/h2-10,13H,11-12H2,1H3,(H,23,27)(H,24,25,26). The van der Waals surface area contributed by atoms with Gasteiger partial charge in [0, 0.05) is 17.9 Å². The first kappa shape index (κ1) is 18.1. The average Bonchev–Trinajstić information content (AvgIpc) is 2.69. The zero-order valence-electron chi connectivity index (χ0n) is 14.9. The van der Waals surface area contributed by atoms with Gasteiger partial charge in [-0.05, 0) is 49.2 Å². The molecule has 6 nitrogen and oxygen atoms in total. The molecule has 0 radical (unpaired) electrons. The molecule has 3 aromatic rings. The lowest BCUT2D eigenvalue weighted by molar-refractivity contribution is 0.0949. The molecule has 0 bridgehead atoms. The maximum absolute atomic E-state index is 12.4. The fourth-order valence-electron chi connectivity index (χ4n) is 2.55. The highest BCUT2D eigenvalue weighted by Crippen LogP contribution is 2.15. The van der Waals surface area contributed by atoms with Gasteiger partial charge in [0.05, 0.1) is 11.6 Å². The first-order valence-electron chi connectivity index (χ1n) is 8.59. The average molecular weight is 357 g/mol. The van der Waals surface area contributed by atoms with E-state index in [1.54, 1.807) is 30.3 Å². The molecule has 0 aliphatic heterocycles. The molecule has 0 unspecified atom stereocenters. The molecule has 1 amide bonds. The van der Waals surface area contributed by atoms with Gasteiger partial charge in [-0.1, -0.05) is 30.3 Å². The number of aromatic nitrogens is 2. The fourth-order valence-corrected chi connectivity index (χ4v) is 2.55. The molecule has 1 heterocycles. The van der Waals surface area contributed by atoms with E-state index in [1.807, 2.05) is 37.3 Å². The molecule has 0 fully saturated rings. The first-order chi connectivity index (χ1) is 13.1. The molecule has 2 N–H and O–H groups in total. The van der Waals surface area contributed by atoms with E-state index in [9.17, 15) is 4.79 Å². The Kier molecular flexibility index (Phi) is 5.75. The lowest BCUT2D eigenvalue weighted by Gasteiger charge is -2.09. The number of benzene rings is 2. The monoisotopic (exact) mass is 357 g/mol. The molecule has 0 aliphatic carbocycles. The SMILES string of the molecule is Cc1cc(C(=O)NCCc2ccccc2)nc(Nc2ccc(C#N)cc2)n1. The van der Waals surface area contributed by atoms with E-state index < -0.39 is 0 Å². The van der Waals surface area contributed by atoms with Crippen molar-refractivity contribution in [2.24, 2.45) is 0 Å². The highest BCUT2D eigenvalue weighted by atomic mass is 16.1. The second kappa shape index (κ2) is 8.59. The third kappa shape index (κ3) is 5.13. The summed E-state index contributed by atoms with van der Waals surface area (Å²) in [6, 6.07) is 20.6. The zero-order chi connectivity index (χ0) is 19.1. The topological polar surface area (TPSA) is 90.7 Å². The first-order valence-corrected chi connectivity index (χ1v) is 8.59. The van der Waals surface area contributed by atoms with Crippen molar-refractivity contribution in [1.29, 1.82) is 5.26 Å². The number of carbonyl (C=O) groups is 1. The van der Waals surface area contributed by atoms with Crippen molar-refractivity contribution in [3.63, 3.8) is 0 Å². The molecule has 3 rings (SSSR count). The van der Waals surface area contributed by atoms with Crippen LogP contribution in [0.25, 0.3) is 0 Å². The summed E-state index contributed by atoms with van der Waals surface area (Å²) in [5.41, 5.74) is 3.49. The van der Waals surface area contributed by atoms with Crippen LogP contribution in [-0.2, 0) is 6.42 Å². The van der Waals surface area contributed by atoms with Gasteiger partial charge in [-0.2, -0.15) is 5.26 Å². The number of nitrogens with zero attached hydrogens (tertiary/aromatic N) is 3. The van der Waals surface area contributed by atoms with Crippen LogP contribution >= 0.6 is 0 Å². The van der Waals surface area contributed by atoms with Crippen molar-refractivity contribution in [2.75, 3.05) is 11.9 Å². The van der Waals surface area contributed by atoms with Crippen LogP contribution in [0.1, 0.15) is 27.3 Å². The summed E-state index contributed by atoms with van der Waals surface area (Å²) >= 11 is 0. The van der Waals surface area contributed by atoms with Crippen LogP contribution < -0.4 is 10.6 Å². The molecule has 0 atom stereocenters. The smallest absolute Gasteiger partial charge is 0.270 e. The molecule has 134 valence electrons. The Hall–Kier alpha value is -3.72. The number of carbonyl (C=O) groups excluding carboxylic acids is 1. The van der Waals surface area contributed by atoms with Crippen LogP contribution in [0.15, 0.2) is 60.7 Å². The predicted molar refractivity (Wildman–Crippen MR) is 104 cm³/mol. The number of nitriles is 1. The molecule has 0 saturated heterocycles. The lowest BCUT2D eigenvalue weighted by atomic mass is 10.1. The Labute approximate surface area is 157 Å². The molecular weight excluding hydrogens is 338 g/mol. The van der Waals surface area contributed by atoms with E-state index >= 15 is 0 Å². The van der Waals surface area contributed by atoms with E-state index in [0.717, 1.165) is 12.1 Å². The molecular formula is C21H19N5O. The quantitative estimate of drug-likeness (QED) is 0.706. The van der Waals surface area contributed by atoms with Gasteiger partial charge in [0.2, 0.25) is 5.95 Å². The molecule has 2 aromatic carbocycles. The van der Waals surface area contributed by atoms with Gasteiger partial charge in [0.25, 0.3) is 5.91 Å². The van der Waals surface area contributed by atoms with E-state index in [-0.39, 0.29) is 5.91 Å². The number of aryl methyl sites for hydroxylation is 1. The van der Waals surface area contributed by atoms with E-state index in [4.69, 9.17) is 5.26 Å². The molecule has 0 spiro atoms. The summed E-state index contributed by atoms with van der Waals surface area (Å²) in [4.78, 5) is 21.0. The summed E-state index contributed by atoms with van der Waals surface area (Å²) in [7, 11) is 0. The molecule has 27 heavy (non-hydrogen) atoms. The van der Waals surface area contributed by atoms with Gasteiger partial charge >= 0.3 is 0 Å². The van der Waals surface area contributed by atoms with Crippen LogP contribution in [0.3, 0.4) is 0 Å². The summed E-state index contributed by atoms with van der Waals surface area (Å²) in [5.74, 6) is 0.104. The third-order valence-corrected chi connectivity index (χ3v) is 3.90. The van der Waals surface area contributed by atoms with Crippen LogP contribution in [0.2, 0.25) is 0 Å². The largest absolute Gasteiger partial charge is 0.350 e. The van der Waals surface area contributed by atoms with Crippen molar-refractivity contribution < 1.29 is 4.79 Å². The molecule has 0 aliphatic rings. The van der Waals surface area contributed by atoms with Crippen molar-refractivity contribution in [1.82, 2.24) is 15.3 Å². The Morgan fingerprint density at radius 1 is 1.07 bits per heavy atom. The Morgan fingerprint density at radius 2 is 1.81 bits per heavy atom. The summed E-state index contributed by atoms with van der Waals surface area (Å²) in [6.07, 6.45) is 0.757. The number of amides is 1. The van der Waals surface area contributed by atoms with Gasteiger partial charge in [-0.3, -0.25) is 4.79 Å². The van der Waals surface area contributed by atoms with E-state index in [0.29, 0.717) is 29.4 Å². The van der Waals surface area contributed by atoms with Gasteiger partial charge < -0.3 is 10.6 Å². The van der Waals surface area contributed by atoms with Crippen molar-refractivity contribution in [2.45, 2.75) is 13.3 Å². The van der Waals surface area contributed by atoms with E-state index in [1.165, 1.54) is 5.56 Å². The molecule has 6 heteroatoms. The third-order valence-electron chi connectivity index (χ3n) is 3.90. The highest BCUT2D eigenvalue weighted by molar-refractivity contribution is 5.92. The number of hydrogen-bond acceptors (Lipinski definition) is 5. The summed E-state index contributed by atoms with van der Waals surface area (Å²) in [5, 5.41) is 14.8. The normalized spacial score (nSPS) is 10.1. The van der Waals surface area contributed by atoms with Crippen LogP contribution in [0.4, 0.5) is 11.6 Å². The number of hydrogen-bond donors (Lipinski definition) is 2. The van der Waals surface area contributed by atoms with Gasteiger partial charge in [0.15, 0.2) is 0 Å². The van der Waals surface area contributed by atoms with Crippen LogP contribution in [-0.4, -0.2) is 22.4 Å². The maximum atomic E-state index is 12.4. The number of rotatable bonds is 6. The van der Waals surface area contributed by atoms with Gasteiger partial charge in [-0.15, -0.1) is 0 Å². The predicted octanol–water partition coefficient (Wildman–Crippen LogP) is 3.37. The van der Waals surface area contributed by atoms with Crippen LogP contribution in [0.5, 0.6) is 0 Å². The minimum absolute atomic E-state index is 0.237. The van der Waals surface area contributed by atoms with Gasteiger partial charge in [0.1, 0.15) is 5.69 Å². The number of nitrogens with one attached hydrogen (secondary N) is 2. The minimum atomic E-state index is -0.237. The maximum Gasteiger partial charge on any atom is 0.270 e. The van der Waals surface area contributed by atoms with Crippen molar-refractivity contribution in [3.05, 3.63) is 83.2 Å². The zero-order valence-corrected chi connectivity index (χ0v) is 14.9. The second-order valence-electron chi connectivity index (χ2n) is 6.02. The summed E-state index contributed by atoms with van der Waals surface area (Å²) < 4.78 is 0. The lowest BCUT2D eigenvalue weighted by Crippen LogP contribution is -2.27. The number of anilines is 2. The fraction of sp³-hybridized carbons (Fsp3) is 0.143. The van der Waals surface area contributed by atoms with Crippen molar-refractivity contribution >= 4 is 17.5 Å². The van der Waals surface area contributed by atoms with Gasteiger partial charge in [-0.25, -0.2) is 9.97 Å². The van der Waals surface area contributed by atoms with Crippen molar-refractivity contribution in [3.8, 4) is 6.07 Å². The minimum Gasteiger partial charge on any atom is -0.350 e. The second-order valence-corrected chi connectivity index (χ2v) is 6.02. The van der Waals surface area contributed by atoms with E-state index in [2.05, 4.69) is 26.7 Å². The molecule has 1 aromatic heterocycles. The van der Waals surface area contributed by atoms with Crippen LogP contribution in [0, 0.1) is 18.3 Å². The molecule has 0 saturated carbocycles. The Bertz CT molecular complexity index is 962. The highest BCUT2D eigenvalue weighted by Gasteiger charge is 2.10.